The van der Waals surface area contributed by atoms with Gasteiger partial charge in [-0.15, -0.1) is 0 Å². The number of hydrogen-bond donors (Lipinski definition) is 0. The molecule has 0 spiro atoms. The summed E-state index contributed by atoms with van der Waals surface area (Å²) in [5.41, 5.74) is 2.46. The third-order valence-electron chi connectivity index (χ3n) is 5.64. The lowest BCUT2D eigenvalue weighted by Gasteiger charge is -2.13. The van der Waals surface area contributed by atoms with Crippen molar-refractivity contribution in [2.45, 2.75) is 13.2 Å². The van der Waals surface area contributed by atoms with Crippen LogP contribution in [0.1, 0.15) is 16.7 Å². The maximum Gasteiger partial charge on any atom is 0.293 e. The molecule has 1 saturated heterocycles. The van der Waals surface area contributed by atoms with Gasteiger partial charge in [-0.05, 0) is 75.6 Å². The molecule has 1 aliphatic heterocycles. The Morgan fingerprint density at radius 3 is 2.25 bits per heavy atom. The molecule has 4 aromatic rings. The molecule has 4 aromatic carbocycles. The molecule has 2 amide bonds. The maximum absolute atomic E-state index is 12.9. The molecule has 180 valence electrons. The van der Waals surface area contributed by atoms with Crippen LogP contribution in [0.3, 0.4) is 0 Å². The number of nitrogens with zero attached hydrogens (tertiary/aromatic N) is 1. The molecule has 0 unspecified atom stereocenters. The number of ether oxygens (including phenoxy) is 1. The maximum atomic E-state index is 12.9. The van der Waals surface area contributed by atoms with E-state index >= 15 is 0 Å². The fourth-order valence-corrected chi connectivity index (χ4v) is 5.56. The van der Waals surface area contributed by atoms with Gasteiger partial charge in [0.05, 0.1) is 21.5 Å². The zero-order valence-electron chi connectivity index (χ0n) is 18.7. The first-order valence-electron chi connectivity index (χ1n) is 11.0. The summed E-state index contributed by atoms with van der Waals surface area (Å²) in [4.78, 5) is 26.9. The average Bonchev–Trinajstić information content (AvgIpc) is 3.12. The van der Waals surface area contributed by atoms with Crippen molar-refractivity contribution in [2.24, 2.45) is 0 Å². The van der Waals surface area contributed by atoms with Crippen LogP contribution in [0.15, 0.2) is 88.2 Å². The number of carbonyl (C=O) groups excluding carboxylic acids is 2. The lowest BCUT2D eigenvalue weighted by Crippen LogP contribution is -2.27. The predicted molar refractivity (Wildman–Crippen MR) is 150 cm³/mol. The highest BCUT2D eigenvalue weighted by atomic mass is 79.9. The van der Waals surface area contributed by atoms with Gasteiger partial charge in [-0.25, -0.2) is 0 Å². The topological polar surface area (TPSA) is 46.6 Å². The summed E-state index contributed by atoms with van der Waals surface area (Å²) in [5.74, 6) is 0.0174. The van der Waals surface area contributed by atoms with E-state index in [0.717, 1.165) is 38.1 Å². The van der Waals surface area contributed by atoms with Gasteiger partial charge in [-0.2, -0.15) is 0 Å². The van der Waals surface area contributed by atoms with E-state index in [1.54, 1.807) is 18.2 Å². The molecular weight excluding hydrogens is 581 g/mol. The van der Waals surface area contributed by atoms with Crippen molar-refractivity contribution in [3.8, 4) is 5.75 Å². The zero-order chi connectivity index (χ0) is 25.2. The molecule has 0 radical (unpaired) electrons. The standard InChI is InChI=1S/C28H18BrCl2NO3S/c29-22-9-6-17(7-10-22)15-32-27(33)25(36-28(32)34)14-19-12-23(30)26(24(31)13-19)35-16-18-5-8-20-3-1-2-4-21(20)11-18/h1-14H,15-16H2/b25-14-. The lowest BCUT2D eigenvalue weighted by atomic mass is 10.1. The molecule has 0 bridgehead atoms. The third kappa shape index (κ3) is 5.47. The zero-order valence-corrected chi connectivity index (χ0v) is 22.6. The Kier molecular flexibility index (Phi) is 7.39. The van der Waals surface area contributed by atoms with E-state index in [4.69, 9.17) is 27.9 Å². The van der Waals surface area contributed by atoms with E-state index in [2.05, 4.69) is 28.1 Å². The minimum atomic E-state index is -0.350. The summed E-state index contributed by atoms with van der Waals surface area (Å²) in [5, 5.41) is 2.61. The van der Waals surface area contributed by atoms with Crippen LogP contribution in [-0.2, 0) is 17.9 Å². The second-order valence-electron chi connectivity index (χ2n) is 8.18. The fraction of sp³-hybridized carbons (Fsp3) is 0.0714. The molecule has 0 aromatic heterocycles. The van der Waals surface area contributed by atoms with Crippen molar-refractivity contribution < 1.29 is 14.3 Å². The van der Waals surface area contributed by atoms with Gasteiger partial charge < -0.3 is 4.74 Å². The van der Waals surface area contributed by atoms with Crippen molar-refractivity contribution in [1.82, 2.24) is 4.90 Å². The van der Waals surface area contributed by atoms with Gasteiger partial charge in [-0.3, -0.25) is 14.5 Å². The van der Waals surface area contributed by atoms with Crippen LogP contribution in [0.2, 0.25) is 10.0 Å². The van der Waals surface area contributed by atoms with Crippen molar-refractivity contribution >= 4 is 78.9 Å². The molecule has 0 atom stereocenters. The summed E-state index contributed by atoms with van der Waals surface area (Å²) in [7, 11) is 0. The van der Waals surface area contributed by atoms with Crippen LogP contribution in [-0.4, -0.2) is 16.0 Å². The van der Waals surface area contributed by atoms with Crippen LogP contribution < -0.4 is 4.74 Å². The van der Waals surface area contributed by atoms with E-state index in [1.807, 2.05) is 54.6 Å². The van der Waals surface area contributed by atoms with E-state index in [1.165, 1.54) is 4.90 Å². The summed E-state index contributed by atoms with van der Waals surface area (Å²) in [6.07, 6.45) is 1.62. The van der Waals surface area contributed by atoms with Gasteiger partial charge in [0.2, 0.25) is 0 Å². The van der Waals surface area contributed by atoms with Crippen molar-refractivity contribution in [3.63, 3.8) is 0 Å². The lowest BCUT2D eigenvalue weighted by molar-refractivity contribution is -0.123. The second kappa shape index (κ2) is 10.7. The molecular formula is C28H18BrCl2NO3S. The Balaban J connectivity index is 1.31. The number of amides is 2. The van der Waals surface area contributed by atoms with Crippen LogP contribution in [0.5, 0.6) is 5.75 Å². The first-order chi connectivity index (χ1) is 17.4. The largest absolute Gasteiger partial charge is 0.486 e. The summed E-state index contributed by atoms with van der Waals surface area (Å²) in [6, 6.07) is 25.0. The van der Waals surface area contributed by atoms with Gasteiger partial charge in [0.1, 0.15) is 6.61 Å². The predicted octanol–water partition coefficient (Wildman–Crippen LogP) is 8.72. The molecule has 1 heterocycles. The summed E-state index contributed by atoms with van der Waals surface area (Å²) in [6.45, 7) is 0.511. The molecule has 1 aliphatic rings. The number of benzene rings is 4. The number of halogens is 3. The summed E-state index contributed by atoms with van der Waals surface area (Å²) >= 11 is 17.2. The van der Waals surface area contributed by atoms with Crippen LogP contribution in [0.25, 0.3) is 16.8 Å². The molecule has 1 fully saturated rings. The number of carbonyl (C=O) groups is 2. The van der Waals surface area contributed by atoms with Crippen LogP contribution in [0.4, 0.5) is 4.79 Å². The monoisotopic (exact) mass is 597 g/mol. The quantitative estimate of drug-likeness (QED) is 0.208. The van der Waals surface area contributed by atoms with Gasteiger partial charge in [0.25, 0.3) is 11.1 Å². The summed E-state index contributed by atoms with van der Waals surface area (Å²) < 4.78 is 6.86. The van der Waals surface area contributed by atoms with Crippen molar-refractivity contribution in [3.05, 3.63) is 115 Å². The number of imide groups is 1. The number of hydrogen-bond acceptors (Lipinski definition) is 4. The third-order valence-corrected chi connectivity index (χ3v) is 7.64. The highest BCUT2D eigenvalue weighted by Crippen LogP contribution is 2.38. The highest BCUT2D eigenvalue weighted by Gasteiger charge is 2.35. The van der Waals surface area contributed by atoms with Crippen LogP contribution >= 0.6 is 50.9 Å². The normalized spacial score (nSPS) is 14.8. The minimum absolute atomic E-state index is 0.207. The Morgan fingerprint density at radius 2 is 1.53 bits per heavy atom. The van der Waals surface area contributed by atoms with Crippen molar-refractivity contribution in [1.29, 1.82) is 0 Å². The molecule has 36 heavy (non-hydrogen) atoms. The van der Waals surface area contributed by atoms with Crippen molar-refractivity contribution in [2.75, 3.05) is 0 Å². The fourth-order valence-electron chi connectivity index (χ4n) is 3.84. The number of rotatable bonds is 6. The van der Waals surface area contributed by atoms with E-state index in [0.29, 0.717) is 32.9 Å². The van der Waals surface area contributed by atoms with Gasteiger partial charge >= 0.3 is 0 Å². The molecule has 0 N–H and O–H groups in total. The Morgan fingerprint density at radius 1 is 0.861 bits per heavy atom. The van der Waals surface area contributed by atoms with Gasteiger partial charge in [0, 0.05) is 4.47 Å². The molecule has 5 rings (SSSR count). The highest BCUT2D eigenvalue weighted by molar-refractivity contribution is 9.10. The minimum Gasteiger partial charge on any atom is -0.486 e. The van der Waals surface area contributed by atoms with E-state index < -0.39 is 0 Å². The Bertz CT molecular complexity index is 1500. The number of thioether (sulfide) groups is 1. The van der Waals surface area contributed by atoms with Gasteiger partial charge in [-0.1, -0.05) is 87.7 Å². The molecule has 8 heteroatoms. The Labute approximate surface area is 231 Å². The van der Waals surface area contributed by atoms with Crippen LogP contribution in [0, 0.1) is 0 Å². The smallest absolute Gasteiger partial charge is 0.293 e. The van der Waals surface area contributed by atoms with E-state index in [-0.39, 0.29) is 17.7 Å². The molecule has 0 saturated carbocycles. The second-order valence-corrected chi connectivity index (χ2v) is 10.9. The Hall–Kier alpha value is -2.77. The van der Waals surface area contributed by atoms with E-state index in [9.17, 15) is 9.59 Å². The molecule has 0 aliphatic carbocycles. The van der Waals surface area contributed by atoms with Gasteiger partial charge in [0.15, 0.2) is 5.75 Å². The SMILES string of the molecule is O=C1S/C(=C\c2cc(Cl)c(OCc3ccc4ccccc4c3)c(Cl)c2)C(=O)N1Cc1ccc(Br)cc1. The molecule has 4 nitrogen and oxygen atoms in total. The first kappa shape index (κ1) is 24.9. The number of fused-ring (bicyclic) bond motifs is 1. The first-order valence-corrected chi connectivity index (χ1v) is 13.3. The average molecular weight is 599 g/mol.